The minimum Gasteiger partial charge on any atom is -0.337 e. The molecule has 1 aliphatic rings. The first-order chi connectivity index (χ1) is 14.7. The maximum absolute atomic E-state index is 13.0. The van der Waals surface area contributed by atoms with Gasteiger partial charge in [-0.25, -0.2) is 0 Å². The third-order valence-corrected chi connectivity index (χ3v) is 5.98. The molecule has 156 valence electrons. The molecule has 0 bridgehead atoms. The largest absolute Gasteiger partial charge is 0.337 e. The molecule has 3 aromatic rings. The Bertz CT molecular complexity index is 938. The predicted molar refractivity (Wildman–Crippen MR) is 119 cm³/mol. The quantitative estimate of drug-likeness (QED) is 0.605. The van der Waals surface area contributed by atoms with Crippen molar-refractivity contribution in [2.75, 3.05) is 26.7 Å². The fraction of sp³-hybridized carbons (Fsp3) is 0.360. The average Bonchev–Trinajstić information content (AvgIpc) is 3.27. The van der Waals surface area contributed by atoms with E-state index >= 15 is 0 Å². The molecule has 0 spiro atoms. The molecule has 1 atom stereocenters. The van der Waals surface area contributed by atoms with Gasteiger partial charge in [-0.2, -0.15) is 5.10 Å². The fourth-order valence-electron chi connectivity index (χ4n) is 4.18. The maximum Gasteiger partial charge on any atom is 0.257 e. The lowest BCUT2D eigenvalue weighted by Crippen LogP contribution is -2.48. The van der Waals surface area contributed by atoms with Crippen LogP contribution in [0, 0.1) is 0 Å². The number of hydrogen-bond acceptors (Lipinski definition) is 3. The van der Waals surface area contributed by atoms with E-state index in [-0.39, 0.29) is 11.9 Å². The monoisotopic (exact) mass is 402 g/mol. The Morgan fingerprint density at radius 1 is 1.07 bits per heavy atom. The number of amides is 1. The highest BCUT2D eigenvalue weighted by Gasteiger charge is 2.27. The van der Waals surface area contributed by atoms with Gasteiger partial charge >= 0.3 is 0 Å². The maximum atomic E-state index is 13.0. The smallest absolute Gasteiger partial charge is 0.257 e. The molecule has 4 rings (SSSR count). The second-order valence-electron chi connectivity index (χ2n) is 8.16. The Labute approximate surface area is 178 Å². The van der Waals surface area contributed by atoms with Crippen molar-refractivity contribution in [3.63, 3.8) is 0 Å². The normalized spacial score (nSPS) is 17.0. The average molecular weight is 403 g/mol. The number of likely N-dealkylation sites (tertiary alicyclic amines) is 1. The number of hydrogen-bond donors (Lipinski definition) is 0. The van der Waals surface area contributed by atoms with Crippen LogP contribution >= 0.6 is 0 Å². The number of carbonyl (C=O) groups excluding carboxylic acids is 1. The van der Waals surface area contributed by atoms with Crippen molar-refractivity contribution in [2.45, 2.75) is 31.8 Å². The van der Waals surface area contributed by atoms with Gasteiger partial charge in [0.15, 0.2) is 0 Å². The van der Waals surface area contributed by atoms with Crippen LogP contribution in [0.2, 0.25) is 0 Å². The molecule has 0 N–H and O–H groups in total. The van der Waals surface area contributed by atoms with Gasteiger partial charge in [0.25, 0.3) is 5.91 Å². The molecular formula is C25H30N4O. The van der Waals surface area contributed by atoms with E-state index in [0.717, 1.165) is 38.9 Å². The standard InChI is InChI=1S/C25H30N4O/c1-27(24-13-8-15-28(20-24)16-14-21-9-4-2-5-10-21)25(30)23-17-26-29(19-23)18-22-11-6-3-7-12-22/h2-7,9-12,17,19,24H,8,13-16,18,20H2,1H3/t24-/m0/s1. The van der Waals surface area contributed by atoms with Gasteiger partial charge in [-0.3, -0.25) is 9.48 Å². The Morgan fingerprint density at radius 2 is 1.77 bits per heavy atom. The lowest BCUT2D eigenvalue weighted by Gasteiger charge is -2.37. The van der Waals surface area contributed by atoms with E-state index in [1.807, 2.05) is 41.0 Å². The summed E-state index contributed by atoms with van der Waals surface area (Å²) in [6, 6.07) is 21.1. The van der Waals surface area contributed by atoms with Gasteiger partial charge in [-0.15, -0.1) is 0 Å². The Kier molecular flexibility index (Phi) is 6.60. The van der Waals surface area contributed by atoms with E-state index in [4.69, 9.17) is 0 Å². The second-order valence-corrected chi connectivity index (χ2v) is 8.16. The van der Waals surface area contributed by atoms with Crippen molar-refractivity contribution >= 4 is 5.91 Å². The van der Waals surface area contributed by atoms with Crippen LogP contribution in [0.5, 0.6) is 0 Å². The van der Waals surface area contributed by atoms with Gasteiger partial charge in [-0.1, -0.05) is 60.7 Å². The van der Waals surface area contributed by atoms with Crippen molar-refractivity contribution in [1.82, 2.24) is 19.6 Å². The van der Waals surface area contributed by atoms with Gasteiger partial charge in [0.1, 0.15) is 0 Å². The molecule has 0 aliphatic carbocycles. The predicted octanol–water partition coefficient (Wildman–Crippen LogP) is 3.71. The van der Waals surface area contributed by atoms with E-state index < -0.39 is 0 Å². The minimum atomic E-state index is 0.0595. The SMILES string of the molecule is CN(C(=O)c1cnn(Cc2ccccc2)c1)[C@H]1CCCN(CCc2ccccc2)C1. The third-order valence-electron chi connectivity index (χ3n) is 5.98. The highest BCUT2D eigenvalue weighted by molar-refractivity contribution is 5.93. The summed E-state index contributed by atoms with van der Waals surface area (Å²) in [6.07, 6.45) is 6.80. The number of carbonyl (C=O) groups is 1. The number of nitrogens with zero attached hydrogens (tertiary/aromatic N) is 4. The van der Waals surface area contributed by atoms with Crippen molar-refractivity contribution in [3.05, 3.63) is 89.7 Å². The molecule has 1 aliphatic heterocycles. The molecule has 5 heteroatoms. The van der Waals surface area contributed by atoms with E-state index in [9.17, 15) is 4.79 Å². The van der Waals surface area contributed by atoms with Crippen LogP contribution in [-0.4, -0.2) is 58.2 Å². The lowest BCUT2D eigenvalue weighted by atomic mass is 10.0. The highest BCUT2D eigenvalue weighted by atomic mass is 16.2. The summed E-state index contributed by atoms with van der Waals surface area (Å²) in [5.74, 6) is 0.0595. The van der Waals surface area contributed by atoms with E-state index in [0.29, 0.717) is 12.1 Å². The van der Waals surface area contributed by atoms with Gasteiger partial charge < -0.3 is 9.80 Å². The number of likely N-dealkylation sites (N-methyl/N-ethyl adjacent to an activating group) is 1. The zero-order valence-corrected chi connectivity index (χ0v) is 17.7. The molecule has 1 aromatic heterocycles. The molecule has 0 unspecified atom stereocenters. The van der Waals surface area contributed by atoms with Crippen LogP contribution in [0.4, 0.5) is 0 Å². The summed E-state index contributed by atoms with van der Waals surface area (Å²) in [5.41, 5.74) is 3.21. The van der Waals surface area contributed by atoms with Gasteiger partial charge in [-0.05, 0) is 36.9 Å². The van der Waals surface area contributed by atoms with Gasteiger partial charge in [0.2, 0.25) is 0 Å². The number of benzene rings is 2. The summed E-state index contributed by atoms with van der Waals surface area (Å²) in [4.78, 5) is 17.5. The Hall–Kier alpha value is -2.92. The molecule has 1 saturated heterocycles. The van der Waals surface area contributed by atoms with Crippen LogP contribution < -0.4 is 0 Å². The molecule has 0 radical (unpaired) electrons. The zero-order chi connectivity index (χ0) is 20.8. The lowest BCUT2D eigenvalue weighted by molar-refractivity contribution is 0.0619. The molecule has 1 amide bonds. The van der Waals surface area contributed by atoms with E-state index in [1.165, 1.54) is 11.1 Å². The van der Waals surface area contributed by atoms with Crippen molar-refractivity contribution < 1.29 is 4.79 Å². The van der Waals surface area contributed by atoms with Crippen LogP contribution in [-0.2, 0) is 13.0 Å². The molecule has 2 aromatic carbocycles. The summed E-state index contributed by atoms with van der Waals surface area (Å²) in [6.45, 7) is 3.76. The Balaban J connectivity index is 1.33. The van der Waals surface area contributed by atoms with Crippen LogP contribution in [0.25, 0.3) is 0 Å². The topological polar surface area (TPSA) is 41.4 Å². The van der Waals surface area contributed by atoms with Gasteiger partial charge in [0.05, 0.1) is 18.3 Å². The third kappa shape index (κ3) is 5.16. The number of piperidine rings is 1. The first-order valence-corrected chi connectivity index (χ1v) is 10.8. The van der Waals surface area contributed by atoms with Crippen LogP contribution in [0.1, 0.15) is 34.3 Å². The van der Waals surface area contributed by atoms with Crippen LogP contribution in [0.3, 0.4) is 0 Å². The molecule has 30 heavy (non-hydrogen) atoms. The van der Waals surface area contributed by atoms with Gasteiger partial charge in [0, 0.05) is 32.4 Å². The number of rotatable bonds is 7. The summed E-state index contributed by atoms with van der Waals surface area (Å²) in [5, 5.41) is 4.40. The second kappa shape index (κ2) is 9.72. The molecular weight excluding hydrogens is 372 g/mol. The summed E-state index contributed by atoms with van der Waals surface area (Å²) < 4.78 is 1.84. The van der Waals surface area contributed by atoms with Crippen molar-refractivity contribution in [2.24, 2.45) is 0 Å². The highest BCUT2D eigenvalue weighted by Crippen LogP contribution is 2.18. The number of aromatic nitrogens is 2. The summed E-state index contributed by atoms with van der Waals surface area (Å²) in [7, 11) is 1.93. The molecule has 0 saturated carbocycles. The zero-order valence-electron chi connectivity index (χ0n) is 17.7. The Morgan fingerprint density at radius 3 is 2.50 bits per heavy atom. The first kappa shape index (κ1) is 20.4. The fourth-order valence-corrected chi connectivity index (χ4v) is 4.18. The molecule has 1 fully saturated rings. The first-order valence-electron chi connectivity index (χ1n) is 10.8. The summed E-state index contributed by atoms with van der Waals surface area (Å²) >= 11 is 0. The van der Waals surface area contributed by atoms with Crippen LogP contribution in [0.15, 0.2) is 73.1 Å². The van der Waals surface area contributed by atoms with E-state index in [1.54, 1.807) is 6.20 Å². The van der Waals surface area contributed by atoms with E-state index in [2.05, 4.69) is 52.5 Å². The minimum absolute atomic E-state index is 0.0595. The molecule has 2 heterocycles. The van der Waals surface area contributed by atoms with Crippen molar-refractivity contribution in [1.29, 1.82) is 0 Å². The molecule has 5 nitrogen and oxygen atoms in total. The van der Waals surface area contributed by atoms with Crippen molar-refractivity contribution in [3.8, 4) is 0 Å².